The van der Waals surface area contributed by atoms with E-state index in [2.05, 4.69) is 10.5 Å². The Bertz CT molecular complexity index is 686. The first-order valence-electron chi connectivity index (χ1n) is 7.04. The molecule has 9 heteroatoms. The predicted molar refractivity (Wildman–Crippen MR) is 76.7 cm³/mol. The summed E-state index contributed by atoms with van der Waals surface area (Å²) >= 11 is 0. The van der Waals surface area contributed by atoms with Crippen LogP contribution in [0.2, 0.25) is 0 Å². The molecule has 1 N–H and O–H groups in total. The second kappa shape index (κ2) is 5.32. The molecule has 1 amide bonds. The number of rotatable bonds is 4. The van der Waals surface area contributed by atoms with Crippen molar-refractivity contribution in [1.29, 1.82) is 0 Å². The number of amides is 1. The minimum absolute atomic E-state index is 0.103. The number of ether oxygens (including phenoxy) is 1. The van der Waals surface area contributed by atoms with Crippen LogP contribution in [0, 0.1) is 18.3 Å². The Morgan fingerprint density at radius 3 is 3.00 bits per heavy atom. The molecule has 2 aliphatic heterocycles. The molecule has 3 rings (SSSR count). The van der Waals surface area contributed by atoms with Crippen LogP contribution in [-0.4, -0.2) is 62.9 Å². The predicted octanol–water partition coefficient (Wildman–Crippen LogP) is -0.379. The SMILES string of the molecule is Cc1oncc1C(=O)NC[C@]12COC[C@H]1CN(S(C)(=O)=O)C2. The van der Waals surface area contributed by atoms with E-state index in [1.807, 2.05) is 0 Å². The van der Waals surface area contributed by atoms with Crippen LogP contribution < -0.4 is 5.32 Å². The molecular formula is C13H19N3O5S. The lowest BCUT2D eigenvalue weighted by atomic mass is 9.81. The molecule has 0 radical (unpaired) electrons. The summed E-state index contributed by atoms with van der Waals surface area (Å²) in [5, 5.41) is 6.45. The van der Waals surface area contributed by atoms with Crippen molar-refractivity contribution in [3.63, 3.8) is 0 Å². The molecule has 0 unspecified atom stereocenters. The maximum Gasteiger partial charge on any atom is 0.256 e. The maximum absolute atomic E-state index is 12.2. The molecule has 1 aromatic heterocycles. The van der Waals surface area contributed by atoms with Gasteiger partial charge in [-0.1, -0.05) is 5.16 Å². The van der Waals surface area contributed by atoms with Gasteiger partial charge < -0.3 is 14.6 Å². The summed E-state index contributed by atoms with van der Waals surface area (Å²) in [4.78, 5) is 12.2. The molecule has 0 spiro atoms. The van der Waals surface area contributed by atoms with Crippen LogP contribution in [0.5, 0.6) is 0 Å². The van der Waals surface area contributed by atoms with Crippen LogP contribution in [0.3, 0.4) is 0 Å². The number of carbonyl (C=O) groups excluding carboxylic acids is 1. The van der Waals surface area contributed by atoms with Gasteiger partial charge in [-0.15, -0.1) is 0 Å². The number of hydrogen-bond donors (Lipinski definition) is 1. The maximum atomic E-state index is 12.2. The van der Waals surface area contributed by atoms with Crippen molar-refractivity contribution in [2.45, 2.75) is 6.92 Å². The van der Waals surface area contributed by atoms with Gasteiger partial charge in [-0.25, -0.2) is 12.7 Å². The van der Waals surface area contributed by atoms with E-state index in [1.54, 1.807) is 6.92 Å². The summed E-state index contributed by atoms with van der Waals surface area (Å²) < 4.78 is 35.4. The number of aryl methyl sites for hydroxylation is 1. The van der Waals surface area contributed by atoms with E-state index in [9.17, 15) is 13.2 Å². The molecule has 2 atom stereocenters. The van der Waals surface area contributed by atoms with E-state index in [1.165, 1.54) is 16.8 Å². The summed E-state index contributed by atoms with van der Waals surface area (Å²) in [6.45, 7) is 3.83. The van der Waals surface area contributed by atoms with Crippen LogP contribution in [-0.2, 0) is 14.8 Å². The van der Waals surface area contributed by atoms with Crippen molar-refractivity contribution < 1.29 is 22.5 Å². The Morgan fingerprint density at radius 1 is 1.59 bits per heavy atom. The molecule has 0 bridgehead atoms. The minimum Gasteiger partial charge on any atom is -0.380 e. The van der Waals surface area contributed by atoms with Crippen molar-refractivity contribution in [3.05, 3.63) is 17.5 Å². The van der Waals surface area contributed by atoms with Crippen molar-refractivity contribution in [2.75, 3.05) is 39.1 Å². The van der Waals surface area contributed by atoms with Crippen LogP contribution in [0.15, 0.2) is 10.7 Å². The zero-order chi connectivity index (χ0) is 16.0. The molecule has 8 nitrogen and oxygen atoms in total. The van der Waals surface area contributed by atoms with Gasteiger partial charge in [0.15, 0.2) is 0 Å². The van der Waals surface area contributed by atoms with Gasteiger partial charge in [0.25, 0.3) is 5.91 Å². The largest absolute Gasteiger partial charge is 0.380 e. The molecule has 0 aromatic carbocycles. The van der Waals surface area contributed by atoms with Crippen molar-refractivity contribution in [3.8, 4) is 0 Å². The van der Waals surface area contributed by atoms with Gasteiger partial charge in [-0.05, 0) is 6.92 Å². The molecule has 122 valence electrons. The number of fused-ring (bicyclic) bond motifs is 1. The van der Waals surface area contributed by atoms with Gasteiger partial charge in [-0.3, -0.25) is 4.79 Å². The van der Waals surface area contributed by atoms with E-state index in [4.69, 9.17) is 9.26 Å². The van der Waals surface area contributed by atoms with E-state index in [-0.39, 0.29) is 17.2 Å². The lowest BCUT2D eigenvalue weighted by molar-refractivity contribution is 0.0913. The van der Waals surface area contributed by atoms with Crippen molar-refractivity contribution in [2.24, 2.45) is 11.3 Å². The highest BCUT2D eigenvalue weighted by atomic mass is 32.2. The third-order valence-electron chi connectivity index (χ3n) is 4.56. The topological polar surface area (TPSA) is 102 Å². The Hall–Kier alpha value is -1.45. The zero-order valence-electron chi connectivity index (χ0n) is 12.5. The fourth-order valence-electron chi connectivity index (χ4n) is 3.15. The third kappa shape index (κ3) is 2.64. The van der Waals surface area contributed by atoms with Gasteiger partial charge in [0, 0.05) is 31.0 Å². The highest BCUT2D eigenvalue weighted by Gasteiger charge is 2.52. The molecule has 1 aromatic rings. The number of sulfonamides is 1. The average Bonchev–Trinajstić information content (AvgIpc) is 3.08. The summed E-state index contributed by atoms with van der Waals surface area (Å²) in [6.07, 6.45) is 2.59. The number of nitrogens with zero attached hydrogens (tertiary/aromatic N) is 2. The van der Waals surface area contributed by atoms with Crippen molar-refractivity contribution >= 4 is 15.9 Å². The highest BCUT2D eigenvalue weighted by Crippen LogP contribution is 2.41. The lowest BCUT2D eigenvalue weighted by Crippen LogP contribution is -2.43. The van der Waals surface area contributed by atoms with Crippen LogP contribution in [0.1, 0.15) is 16.1 Å². The Morgan fingerprint density at radius 2 is 2.36 bits per heavy atom. The van der Waals surface area contributed by atoms with E-state index >= 15 is 0 Å². The average molecular weight is 329 g/mol. The summed E-state index contributed by atoms with van der Waals surface area (Å²) in [6, 6.07) is 0. The van der Waals surface area contributed by atoms with Gasteiger partial charge in [-0.2, -0.15) is 0 Å². The lowest BCUT2D eigenvalue weighted by Gasteiger charge is -2.27. The van der Waals surface area contributed by atoms with Crippen LogP contribution in [0.4, 0.5) is 0 Å². The van der Waals surface area contributed by atoms with E-state index < -0.39 is 10.0 Å². The highest BCUT2D eigenvalue weighted by molar-refractivity contribution is 7.88. The molecule has 0 aliphatic carbocycles. The minimum atomic E-state index is -3.23. The first kappa shape index (κ1) is 15.4. The van der Waals surface area contributed by atoms with Crippen LogP contribution in [0.25, 0.3) is 0 Å². The van der Waals surface area contributed by atoms with E-state index in [0.717, 1.165) is 0 Å². The molecule has 0 saturated carbocycles. The smallest absolute Gasteiger partial charge is 0.256 e. The molecule has 2 saturated heterocycles. The summed E-state index contributed by atoms with van der Waals surface area (Å²) in [7, 11) is -3.23. The third-order valence-corrected chi connectivity index (χ3v) is 5.77. The molecule has 2 aliphatic rings. The van der Waals surface area contributed by atoms with Gasteiger partial charge in [0.05, 0.1) is 25.7 Å². The van der Waals surface area contributed by atoms with Gasteiger partial charge in [0.1, 0.15) is 11.3 Å². The Labute approximate surface area is 128 Å². The molecule has 3 heterocycles. The zero-order valence-corrected chi connectivity index (χ0v) is 13.4. The monoisotopic (exact) mass is 329 g/mol. The van der Waals surface area contributed by atoms with Gasteiger partial charge >= 0.3 is 0 Å². The first-order chi connectivity index (χ1) is 10.3. The quantitative estimate of drug-likeness (QED) is 0.808. The molecule has 2 fully saturated rings. The normalized spacial score (nSPS) is 28.7. The number of aromatic nitrogens is 1. The number of carbonyl (C=O) groups is 1. The Kier molecular flexibility index (Phi) is 3.74. The second-order valence-electron chi connectivity index (χ2n) is 6.11. The van der Waals surface area contributed by atoms with Crippen molar-refractivity contribution in [1.82, 2.24) is 14.8 Å². The first-order valence-corrected chi connectivity index (χ1v) is 8.89. The standard InChI is InChI=1S/C13H19N3O5S/c1-9-11(3-15-21-9)12(17)14-6-13-7-16(22(2,18)19)4-10(13)5-20-8-13/h3,10H,4-8H2,1-2H3,(H,14,17)/t10-,13+/m1/s1. The number of nitrogens with one attached hydrogen (secondary N) is 1. The Balaban J connectivity index is 1.71. The fraction of sp³-hybridized carbons (Fsp3) is 0.692. The van der Waals surface area contributed by atoms with Crippen LogP contribution >= 0.6 is 0 Å². The molecule has 22 heavy (non-hydrogen) atoms. The summed E-state index contributed by atoms with van der Waals surface area (Å²) in [5.41, 5.74) is 0.0360. The summed E-state index contributed by atoms with van der Waals surface area (Å²) in [5.74, 6) is 0.293. The molecular weight excluding hydrogens is 310 g/mol. The fourth-order valence-corrected chi connectivity index (χ4v) is 4.10. The second-order valence-corrected chi connectivity index (χ2v) is 8.09. The number of hydrogen-bond acceptors (Lipinski definition) is 6. The van der Waals surface area contributed by atoms with Gasteiger partial charge in [0.2, 0.25) is 10.0 Å². The van der Waals surface area contributed by atoms with E-state index in [0.29, 0.717) is 44.2 Å².